The molecule has 0 bridgehead atoms. The molecule has 1 atom stereocenters. The lowest BCUT2D eigenvalue weighted by molar-refractivity contribution is 0.0524. The van der Waals surface area contributed by atoms with E-state index in [4.69, 9.17) is 0 Å². The number of aromatic nitrogens is 1. The molecule has 2 fully saturated rings. The lowest BCUT2D eigenvalue weighted by atomic mass is 9.94. The second-order valence-electron chi connectivity index (χ2n) is 8.01. The molecule has 4 rings (SSSR count). The van der Waals surface area contributed by atoms with Crippen LogP contribution in [0.4, 0.5) is 4.39 Å². The predicted molar refractivity (Wildman–Crippen MR) is 104 cm³/mol. The fraction of sp³-hybridized carbons (Fsp3) is 0.571. The van der Waals surface area contributed by atoms with Gasteiger partial charge in [-0.15, -0.1) is 0 Å². The van der Waals surface area contributed by atoms with E-state index in [9.17, 15) is 14.3 Å². The Labute approximate surface area is 158 Å². The van der Waals surface area contributed by atoms with E-state index in [-0.39, 0.29) is 11.2 Å². The number of benzene rings is 1. The number of likely N-dealkylation sites (tertiary alicyclic amines) is 2. The van der Waals surface area contributed by atoms with Crippen molar-refractivity contribution in [3.05, 3.63) is 46.0 Å². The smallest absolute Gasteiger partial charge is 0.189 e. The molecule has 0 amide bonds. The molecule has 2 aliphatic heterocycles. The molecule has 0 radical (unpaired) electrons. The minimum absolute atomic E-state index is 0.128. The number of nitrogens with one attached hydrogen (secondary N) is 1. The van der Waals surface area contributed by atoms with Crippen molar-refractivity contribution in [2.45, 2.75) is 38.3 Å². The zero-order valence-electron chi connectivity index (χ0n) is 15.7. The van der Waals surface area contributed by atoms with Gasteiger partial charge >= 0.3 is 0 Å². The van der Waals surface area contributed by atoms with Crippen LogP contribution >= 0.6 is 0 Å². The molecule has 2 aromatic rings. The van der Waals surface area contributed by atoms with E-state index in [0.29, 0.717) is 36.0 Å². The number of halogens is 1. The monoisotopic (exact) mass is 373 g/mol. The maximum absolute atomic E-state index is 14.0. The van der Waals surface area contributed by atoms with Gasteiger partial charge in [0.15, 0.2) is 5.43 Å². The molecule has 6 heteroatoms. The van der Waals surface area contributed by atoms with Crippen LogP contribution in [0.1, 0.15) is 31.4 Å². The van der Waals surface area contributed by atoms with E-state index in [2.05, 4.69) is 14.8 Å². The quantitative estimate of drug-likeness (QED) is 0.864. The number of nitrogens with zero attached hydrogens (tertiary/aromatic N) is 2. The number of aromatic amines is 1. The van der Waals surface area contributed by atoms with Gasteiger partial charge in [0.1, 0.15) is 5.82 Å². The minimum atomic E-state index is -0.381. The van der Waals surface area contributed by atoms with Crippen molar-refractivity contribution in [1.82, 2.24) is 14.8 Å². The van der Waals surface area contributed by atoms with Crippen LogP contribution in [0.25, 0.3) is 10.9 Å². The summed E-state index contributed by atoms with van der Waals surface area (Å²) in [5.41, 5.74) is 0.948. The summed E-state index contributed by atoms with van der Waals surface area (Å²) in [6.45, 7) is 5.04. The maximum Gasteiger partial charge on any atom is 0.189 e. The summed E-state index contributed by atoms with van der Waals surface area (Å²) in [6.07, 6.45) is 4.52. The van der Waals surface area contributed by atoms with Gasteiger partial charge in [0.25, 0.3) is 0 Å². The molecular weight excluding hydrogens is 345 g/mol. The number of hydrogen-bond donors (Lipinski definition) is 2. The second-order valence-corrected chi connectivity index (χ2v) is 8.01. The number of fused-ring (bicyclic) bond motifs is 1. The van der Waals surface area contributed by atoms with E-state index in [0.717, 1.165) is 51.1 Å². The molecule has 5 nitrogen and oxygen atoms in total. The molecule has 0 aliphatic carbocycles. The van der Waals surface area contributed by atoms with Crippen LogP contribution < -0.4 is 5.43 Å². The van der Waals surface area contributed by atoms with Gasteiger partial charge in [-0.1, -0.05) is 6.07 Å². The van der Waals surface area contributed by atoms with E-state index in [1.54, 1.807) is 18.2 Å². The van der Waals surface area contributed by atoms with Crippen LogP contribution in [-0.4, -0.2) is 58.7 Å². The van der Waals surface area contributed by atoms with Gasteiger partial charge in [0, 0.05) is 56.0 Å². The molecule has 0 spiro atoms. The van der Waals surface area contributed by atoms with E-state index in [1.807, 2.05) is 0 Å². The van der Waals surface area contributed by atoms with Gasteiger partial charge in [-0.05, 0) is 50.3 Å². The molecule has 1 aromatic heterocycles. The lowest BCUT2D eigenvalue weighted by Gasteiger charge is -2.42. The first kappa shape index (κ1) is 18.6. The van der Waals surface area contributed by atoms with Crippen LogP contribution in [0.3, 0.4) is 0 Å². The van der Waals surface area contributed by atoms with Gasteiger partial charge in [-0.2, -0.15) is 0 Å². The Morgan fingerprint density at radius 1 is 1.19 bits per heavy atom. The SMILES string of the molecule is O=c1cc(CN2CCC(N3CCC[C@@H](CO)C3)CC2)[nH]c2c(F)cccc12. The average molecular weight is 373 g/mol. The summed E-state index contributed by atoms with van der Waals surface area (Å²) < 4.78 is 14.0. The summed E-state index contributed by atoms with van der Waals surface area (Å²) in [7, 11) is 0. The highest BCUT2D eigenvalue weighted by Crippen LogP contribution is 2.24. The molecule has 3 heterocycles. The van der Waals surface area contributed by atoms with Crippen LogP contribution in [0.5, 0.6) is 0 Å². The molecule has 27 heavy (non-hydrogen) atoms. The number of rotatable bonds is 4. The molecule has 2 saturated heterocycles. The van der Waals surface area contributed by atoms with Crippen molar-refractivity contribution in [2.24, 2.45) is 5.92 Å². The average Bonchev–Trinajstić information content (AvgIpc) is 2.69. The molecule has 146 valence electrons. The first-order chi connectivity index (χ1) is 13.1. The van der Waals surface area contributed by atoms with Gasteiger partial charge < -0.3 is 10.1 Å². The summed E-state index contributed by atoms with van der Waals surface area (Å²) in [5, 5.41) is 9.84. The standard InChI is InChI=1S/C21H28FN3O2/c22-19-5-1-4-18-20(27)11-16(23-21(18)19)13-24-9-6-17(7-10-24)25-8-2-3-15(12-25)14-26/h1,4-5,11,15,17,26H,2-3,6-10,12-14H2,(H,23,27)/t15-/m1/s1. The van der Waals surface area contributed by atoms with Crippen LogP contribution in [-0.2, 0) is 6.54 Å². The highest BCUT2D eigenvalue weighted by Gasteiger charge is 2.28. The van der Waals surface area contributed by atoms with E-state index >= 15 is 0 Å². The number of aliphatic hydroxyl groups is 1. The number of H-pyrrole nitrogens is 1. The Kier molecular flexibility index (Phi) is 5.57. The summed E-state index contributed by atoms with van der Waals surface area (Å²) in [4.78, 5) is 20.3. The van der Waals surface area contributed by atoms with Crippen molar-refractivity contribution >= 4 is 10.9 Å². The van der Waals surface area contributed by atoms with E-state index < -0.39 is 0 Å². The fourth-order valence-corrected chi connectivity index (χ4v) is 4.64. The van der Waals surface area contributed by atoms with E-state index in [1.165, 1.54) is 12.5 Å². The minimum Gasteiger partial charge on any atom is -0.396 e. The van der Waals surface area contributed by atoms with Gasteiger partial charge in [-0.3, -0.25) is 14.6 Å². The Balaban J connectivity index is 1.39. The molecule has 1 aromatic carbocycles. The third kappa shape index (κ3) is 4.08. The molecule has 2 N–H and O–H groups in total. The third-order valence-electron chi connectivity index (χ3n) is 6.15. The normalized spacial score (nSPS) is 23.1. The molecule has 2 aliphatic rings. The Bertz CT molecular complexity index is 845. The molecule has 0 unspecified atom stereocenters. The van der Waals surface area contributed by atoms with Crippen LogP contribution in [0.15, 0.2) is 29.1 Å². The topological polar surface area (TPSA) is 59.6 Å². The summed E-state index contributed by atoms with van der Waals surface area (Å²) in [6, 6.07) is 6.80. The number of pyridine rings is 1. The largest absolute Gasteiger partial charge is 0.396 e. The maximum atomic E-state index is 14.0. The Morgan fingerprint density at radius 2 is 2.00 bits per heavy atom. The molecule has 0 saturated carbocycles. The van der Waals surface area contributed by atoms with Crippen molar-refractivity contribution < 1.29 is 9.50 Å². The second kappa shape index (κ2) is 8.09. The van der Waals surface area contributed by atoms with Crippen molar-refractivity contribution in [3.63, 3.8) is 0 Å². The first-order valence-corrected chi connectivity index (χ1v) is 10.0. The van der Waals surface area contributed by atoms with Gasteiger partial charge in [0.2, 0.25) is 0 Å². The van der Waals surface area contributed by atoms with Crippen LogP contribution in [0.2, 0.25) is 0 Å². The van der Waals surface area contributed by atoms with Gasteiger partial charge in [0.05, 0.1) is 5.52 Å². The number of piperidine rings is 2. The molecular formula is C21H28FN3O2. The summed E-state index contributed by atoms with van der Waals surface area (Å²) in [5.74, 6) is 0.0445. The number of hydrogen-bond acceptors (Lipinski definition) is 4. The third-order valence-corrected chi connectivity index (χ3v) is 6.15. The Morgan fingerprint density at radius 3 is 2.78 bits per heavy atom. The Hall–Kier alpha value is -1.76. The lowest BCUT2D eigenvalue weighted by Crippen LogP contribution is -2.48. The zero-order chi connectivity index (χ0) is 18.8. The predicted octanol–water partition coefficient (Wildman–Crippen LogP) is 2.34. The first-order valence-electron chi connectivity index (χ1n) is 10.0. The van der Waals surface area contributed by atoms with Crippen LogP contribution in [0, 0.1) is 11.7 Å². The fourth-order valence-electron chi connectivity index (χ4n) is 4.64. The summed E-state index contributed by atoms with van der Waals surface area (Å²) >= 11 is 0. The number of para-hydroxylation sites is 1. The van der Waals surface area contributed by atoms with Gasteiger partial charge in [-0.25, -0.2) is 4.39 Å². The highest BCUT2D eigenvalue weighted by molar-refractivity contribution is 5.78. The van der Waals surface area contributed by atoms with Crippen molar-refractivity contribution in [1.29, 1.82) is 0 Å². The van der Waals surface area contributed by atoms with Crippen molar-refractivity contribution in [3.8, 4) is 0 Å². The highest BCUT2D eigenvalue weighted by atomic mass is 19.1. The number of aliphatic hydroxyl groups excluding tert-OH is 1. The zero-order valence-corrected chi connectivity index (χ0v) is 15.7. The van der Waals surface area contributed by atoms with Crippen molar-refractivity contribution in [2.75, 3.05) is 32.8 Å².